The molecule has 0 aromatic heterocycles. The first-order valence-corrected chi connectivity index (χ1v) is 9.11. The van der Waals surface area contributed by atoms with Gasteiger partial charge in [0.25, 0.3) is 0 Å². The molecule has 1 aliphatic rings. The number of carboxylic acid groups (broad SMARTS) is 2. The Bertz CT molecular complexity index is 623. The highest BCUT2D eigenvalue weighted by Crippen LogP contribution is 2.20. The van der Waals surface area contributed by atoms with Gasteiger partial charge in [0.15, 0.2) is 0 Å². The molecule has 0 radical (unpaired) electrons. The molecule has 0 aliphatic carbocycles. The molecule has 0 aromatic carbocycles. The van der Waals surface area contributed by atoms with Crippen molar-refractivity contribution in [2.45, 2.75) is 57.7 Å². The van der Waals surface area contributed by atoms with E-state index in [1.54, 1.807) is 0 Å². The molecule has 1 heterocycles. The standard InChI is InChI=1S/C17H28N4O7/c1-9(2)6-11(17(27)28)20-15(25)12-4-3-5-21(12)16(26)10(7-14(23)24)19-13(22)8-18/h9-12H,3-8,18H2,1-2H3,(H,19,22)(H,20,25)(H,23,24)(H,27,28). The first-order chi connectivity index (χ1) is 13.1. The van der Waals surface area contributed by atoms with Crippen molar-refractivity contribution < 1.29 is 34.2 Å². The maximum atomic E-state index is 12.8. The summed E-state index contributed by atoms with van der Waals surface area (Å²) in [5.74, 6) is -4.44. The van der Waals surface area contributed by atoms with Crippen LogP contribution in [0.1, 0.15) is 39.5 Å². The number of carbonyl (C=O) groups is 5. The molecule has 158 valence electrons. The zero-order valence-electron chi connectivity index (χ0n) is 16.0. The first kappa shape index (κ1) is 23.3. The zero-order valence-corrected chi connectivity index (χ0v) is 16.0. The zero-order chi connectivity index (χ0) is 21.4. The molecule has 1 fully saturated rings. The Morgan fingerprint density at radius 2 is 1.75 bits per heavy atom. The lowest BCUT2D eigenvalue weighted by atomic mass is 10.0. The number of hydrogen-bond acceptors (Lipinski definition) is 6. The van der Waals surface area contributed by atoms with Crippen LogP contribution in [0, 0.1) is 5.92 Å². The van der Waals surface area contributed by atoms with Gasteiger partial charge in [0.1, 0.15) is 18.1 Å². The van der Waals surface area contributed by atoms with Crippen molar-refractivity contribution in [2.24, 2.45) is 11.7 Å². The number of amides is 3. The molecule has 1 aliphatic heterocycles. The van der Waals surface area contributed by atoms with E-state index in [4.69, 9.17) is 10.8 Å². The van der Waals surface area contributed by atoms with Gasteiger partial charge >= 0.3 is 11.9 Å². The van der Waals surface area contributed by atoms with E-state index >= 15 is 0 Å². The number of nitrogens with one attached hydrogen (secondary N) is 2. The number of hydrogen-bond donors (Lipinski definition) is 5. The van der Waals surface area contributed by atoms with Crippen LogP contribution >= 0.6 is 0 Å². The molecule has 11 nitrogen and oxygen atoms in total. The Hall–Kier alpha value is -2.69. The minimum absolute atomic E-state index is 0.0362. The number of rotatable bonds is 10. The SMILES string of the molecule is CC(C)CC(NC(=O)C1CCCN1C(=O)C(CC(=O)O)NC(=O)CN)C(=O)O. The Kier molecular flexibility index (Phi) is 8.83. The average Bonchev–Trinajstić information content (AvgIpc) is 3.08. The molecule has 3 atom stereocenters. The normalized spacial score (nSPS) is 18.4. The van der Waals surface area contributed by atoms with Crippen LogP contribution in [0.2, 0.25) is 0 Å². The van der Waals surface area contributed by atoms with Crippen LogP contribution in [0.5, 0.6) is 0 Å². The van der Waals surface area contributed by atoms with Crippen molar-refractivity contribution in [1.82, 2.24) is 15.5 Å². The number of carboxylic acids is 2. The van der Waals surface area contributed by atoms with Crippen LogP contribution in [-0.4, -0.2) is 76.0 Å². The Morgan fingerprint density at radius 3 is 2.25 bits per heavy atom. The summed E-state index contributed by atoms with van der Waals surface area (Å²) in [4.78, 5) is 60.5. The van der Waals surface area contributed by atoms with Crippen molar-refractivity contribution in [2.75, 3.05) is 13.1 Å². The fraction of sp³-hybridized carbons (Fsp3) is 0.706. The lowest BCUT2D eigenvalue weighted by Gasteiger charge is -2.29. The molecule has 1 rings (SSSR count). The third-order valence-electron chi connectivity index (χ3n) is 4.36. The maximum Gasteiger partial charge on any atom is 0.326 e. The van der Waals surface area contributed by atoms with E-state index in [1.165, 1.54) is 4.90 Å². The van der Waals surface area contributed by atoms with Gasteiger partial charge in [0, 0.05) is 6.54 Å². The fourth-order valence-corrected chi connectivity index (χ4v) is 3.09. The predicted molar refractivity (Wildman–Crippen MR) is 97.0 cm³/mol. The molecule has 6 N–H and O–H groups in total. The summed E-state index contributed by atoms with van der Waals surface area (Å²) in [5.41, 5.74) is 5.20. The van der Waals surface area contributed by atoms with Crippen LogP contribution < -0.4 is 16.4 Å². The maximum absolute atomic E-state index is 12.8. The van der Waals surface area contributed by atoms with E-state index in [0.29, 0.717) is 12.8 Å². The second kappa shape index (κ2) is 10.6. The quantitative estimate of drug-likeness (QED) is 0.294. The number of nitrogens with zero attached hydrogens (tertiary/aromatic N) is 1. The van der Waals surface area contributed by atoms with Gasteiger partial charge in [-0.1, -0.05) is 13.8 Å². The average molecular weight is 400 g/mol. The topological polar surface area (TPSA) is 179 Å². The Morgan fingerprint density at radius 1 is 1.11 bits per heavy atom. The van der Waals surface area contributed by atoms with Gasteiger partial charge in [-0.3, -0.25) is 19.2 Å². The summed E-state index contributed by atoms with van der Waals surface area (Å²) < 4.78 is 0. The lowest BCUT2D eigenvalue weighted by molar-refractivity contribution is -0.147. The summed E-state index contributed by atoms with van der Waals surface area (Å²) in [6.07, 6.45) is 0.392. The van der Waals surface area contributed by atoms with Crippen molar-refractivity contribution in [3.05, 3.63) is 0 Å². The van der Waals surface area contributed by atoms with Gasteiger partial charge in [-0.25, -0.2) is 4.79 Å². The Labute approximate surface area is 162 Å². The summed E-state index contributed by atoms with van der Waals surface area (Å²) in [7, 11) is 0. The van der Waals surface area contributed by atoms with Crippen molar-refractivity contribution in [1.29, 1.82) is 0 Å². The van der Waals surface area contributed by atoms with E-state index in [1.807, 2.05) is 13.8 Å². The van der Waals surface area contributed by atoms with Crippen LogP contribution in [0.25, 0.3) is 0 Å². The van der Waals surface area contributed by atoms with E-state index < -0.39 is 60.8 Å². The molecule has 0 bridgehead atoms. The fourth-order valence-electron chi connectivity index (χ4n) is 3.09. The second-order valence-corrected chi connectivity index (χ2v) is 7.14. The van der Waals surface area contributed by atoms with Crippen molar-refractivity contribution in [3.8, 4) is 0 Å². The van der Waals surface area contributed by atoms with Gasteiger partial charge in [-0.15, -0.1) is 0 Å². The molecule has 3 unspecified atom stereocenters. The molecule has 0 aromatic rings. The van der Waals surface area contributed by atoms with E-state index in [-0.39, 0.29) is 18.9 Å². The molecule has 1 saturated heterocycles. The summed E-state index contributed by atoms with van der Waals surface area (Å²) in [5, 5.41) is 23.0. The predicted octanol–water partition coefficient (Wildman–Crippen LogP) is -1.49. The Balaban J connectivity index is 2.91. The van der Waals surface area contributed by atoms with Crippen LogP contribution in [-0.2, 0) is 24.0 Å². The van der Waals surface area contributed by atoms with E-state index in [9.17, 15) is 29.1 Å². The monoisotopic (exact) mass is 400 g/mol. The number of likely N-dealkylation sites (tertiary alicyclic amines) is 1. The van der Waals surface area contributed by atoms with Crippen LogP contribution in [0.3, 0.4) is 0 Å². The summed E-state index contributed by atoms with van der Waals surface area (Å²) in [6.45, 7) is 3.44. The van der Waals surface area contributed by atoms with Gasteiger partial charge in [-0.2, -0.15) is 0 Å². The van der Waals surface area contributed by atoms with E-state index in [0.717, 1.165) is 0 Å². The number of aliphatic carboxylic acids is 2. The number of nitrogens with two attached hydrogens (primary N) is 1. The van der Waals surface area contributed by atoms with Crippen molar-refractivity contribution in [3.63, 3.8) is 0 Å². The first-order valence-electron chi connectivity index (χ1n) is 9.11. The molecular formula is C17H28N4O7. The molecule has 0 saturated carbocycles. The third kappa shape index (κ3) is 6.80. The molecular weight excluding hydrogens is 372 g/mol. The van der Waals surface area contributed by atoms with Crippen LogP contribution in [0.15, 0.2) is 0 Å². The third-order valence-corrected chi connectivity index (χ3v) is 4.36. The highest BCUT2D eigenvalue weighted by Gasteiger charge is 2.39. The summed E-state index contributed by atoms with van der Waals surface area (Å²) >= 11 is 0. The smallest absolute Gasteiger partial charge is 0.326 e. The van der Waals surface area contributed by atoms with Crippen molar-refractivity contribution >= 4 is 29.7 Å². The van der Waals surface area contributed by atoms with E-state index in [2.05, 4.69) is 10.6 Å². The number of carbonyl (C=O) groups excluding carboxylic acids is 3. The van der Waals surface area contributed by atoms with Crippen LogP contribution in [0.4, 0.5) is 0 Å². The molecule has 28 heavy (non-hydrogen) atoms. The summed E-state index contributed by atoms with van der Waals surface area (Å²) in [6, 6.07) is -3.36. The molecule has 3 amide bonds. The van der Waals surface area contributed by atoms with Gasteiger partial charge in [0.05, 0.1) is 13.0 Å². The molecule has 0 spiro atoms. The largest absolute Gasteiger partial charge is 0.481 e. The van der Waals surface area contributed by atoms with Gasteiger partial charge < -0.3 is 31.5 Å². The van der Waals surface area contributed by atoms with Gasteiger partial charge in [-0.05, 0) is 25.2 Å². The highest BCUT2D eigenvalue weighted by atomic mass is 16.4. The lowest BCUT2D eigenvalue weighted by Crippen LogP contribution is -2.56. The minimum Gasteiger partial charge on any atom is -0.481 e. The van der Waals surface area contributed by atoms with Gasteiger partial charge in [0.2, 0.25) is 17.7 Å². The highest BCUT2D eigenvalue weighted by molar-refractivity contribution is 5.95. The molecule has 11 heteroatoms. The minimum atomic E-state index is -1.35. The second-order valence-electron chi connectivity index (χ2n) is 7.14.